The molecule has 4 nitrogen and oxygen atoms in total. The number of rotatable bonds is 10. The molecule has 0 radical (unpaired) electrons. The Morgan fingerprint density at radius 1 is 1.19 bits per heavy atom. The molecule has 118 valence electrons. The second kappa shape index (κ2) is 12.4. The maximum absolute atomic E-state index is 5.64. The summed E-state index contributed by atoms with van der Waals surface area (Å²) in [7, 11) is 0. The van der Waals surface area contributed by atoms with Crippen molar-refractivity contribution >= 4 is 17.7 Å². The molecule has 0 aliphatic rings. The van der Waals surface area contributed by atoms with E-state index in [9.17, 15) is 0 Å². The molecule has 0 fully saturated rings. The lowest BCUT2D eigenvalue weighted by Crippen LogP contribution is -2.39. The first kappa shape index (κ1) is 17.7. The number of hydrogen-bond acceptors (Lipinski definition) is 3. The highest BCUT2D eigenvalue weighted by Crippen LogP contribution is 2.07. The Kier molecular flexibility index (Phi) is 10.4. The fraction of sp³-hybridized carbons (Fsp3) is 0.562. The molecular weight excluding hydrogens is 282 g/mol. The molecule has 2 N–H and O–H groups in total. The van der Waals surface area contributed by atoms with Crippen molar-refractivity contribution in [3.63, 3.8) is 0 Å². The van der Waals surface area contributed by atoms with Gasteiger partial charge in [0.05, 0.1) is 6.54 Å². The van der Waals surface area contributed by atoms with Gasteiger partial charge in [-0.25, -0.2) is 0 Å². The predicted octanol–water partition coefficient (Wildman–Crippen LogP) is 2.76. The summed E-state index contributed by atoms with van der Waals surface area (Å²) < 4.78 is 5.64. The van der Waals surface area contributed by atoms with Gasteiger partial charge in [-0.2, -0.15) is 11.8 Å². The lowest BCUT2D eigenvalue weighted by molar-refractivity contribution is 0.322. The number of thioether (sulfide) groups is 1. The monoisotopic (exact) mass is 309 g/mol. The van der Waals surface area contributed by atoms with Crippen LogP contribution in [0.5, 0.6) is 5.75 Å². The third kappa shape index (κ3) is 9.24. The minimum Gasteiger partial charge on any atom is -0.492 e. The normalized spacial score (nSPS) is 11.2. The van der Waals surface area contributed by atoms with E-state index in [0.717, 1.165) is 37.8 Å². The van der Waals surface area contributed by atoms with Crippen LogP contribution in [-0.2, 0) is 0 Å². The van der Waals surface area contributed by atoms with Gasteiger partial charge in [-0.05, 0) is 43.9 Å². The Morgan fingerprint density at radius 2 is 2.00 bits per heavy atom. The second-order valence-corrected chi connectivity index (χ2v) is 5.53. The first-order chi connectivity index (χ1) is 10.4. The topological polar surface area (TPSA) is 45.7 Å². The summed E-state index contributed by atoms with van der Waals surface area (Å²) in [6, 6.07) is 9.86. The lowest BCUT2D eigenvalue weighted by atomic mass is 10.3. The van der Waals surface area contributed by atoms with Crippen LogP contribution < -0.4 is 15.4 Å². The summed E-state index contributed by atoms with van der Waals surface area (Å²) in [5, 5.41) is 6.54. The van der Waals surface area contributed by atoms with Crippen molar-refractivity contribution in [2.75, 3.05) is 38.2 Å². The smallest absolute Gasteiger partial charge is 0.191 e. The van der Waals surface area contributed by atoms with E-state index in [1.807, 2.05) is 42.1 Å². The number of ether oxygens (including phenoxy) is 1. The molecule has 0 spiro atoms. The zero-order valence-electron chi connectivity index (χ0n) is 13.1. The van der Waals surface area contributed by atoms with Crippen LogP contribution in [0.15, 0.2) is 35.3 Å². The molecule has 0 saturated carbocycles. The van der Waals surface area contributed by atoms with Crippen molar-refractivity contribution in [1.29, 1.82) is 0 Å². The minimum atomic E-state index is 0.626. The third-order valence-electron chi connectivity index (χ3n) is 2.78. The van der Waals surface area contributed by atoms with Gasteiger partial charge in [-0.15, -0.1) is 0 Å². The molecule has 5 heteroatoms. The molecule has 1 aromatic rings. The average molecular weight is 309 g/mol. The number of aliphatic imine (C=N–C) groups is 1. The Hall–Kier alpha value is -1.36. The summed E-state index contributed by atoms with van der Waals surface area (Å²) in [5.74, 6) is 2.99. The highest BCUT2D eigenvalue weighted by Gasteiger charge is 1.97. The fourth-order valence-corrected chi connectivity index (χ4v) is 2.24. The van der Waals surface area contributed by atoms with E-state index >= 15 is 0 Å². The van der Waals surface area contributed by atoms with Gasteiger partial charge in [0, 0.05) is 13.1 Å². The third-order valence-corrected chi connectivity index (χ3v) is 3.47. The van der Waals surface area contributed by atoms with Gasteiger partial charge in [-0.3, -0.25) is 4.99 Å². The van der Waals surface area contributed by atoms with E-state index in [2.05, 4.69) is 28.8 Å². The molecule has 0 bridgehead atoms. The van der Waals surface area contributed by atoms with Gasteiger partial charge in [0.1, 0.15) is 12.4 Å². The number of para-hydroxylation sites is 1. The Labute approximate surface area is 132 Å². The van der Waals surface area contributed by atoms with Crippen molar-refractivity contribution in [3.05, 3.63) is 30.3 Å². The van der Waals surface area contributed by atoms with Gasteiger partial charge in [0.2, 0.25) is 0 Å². The number of nitrogens with zero attached hydrogens (tertiary/aromatic N) is 1. The minimum absolute atomic E-state index is 0.626. The molecule has 1 aromatic carbocycles. The highest BCUT2D eigenvalue weighted by atomic mass is 32.2. The van der Waals surface area contributed by atoms with E-state index in [-0.39, 0.29) is 0 Å². The van der Waals surface area contributed by atoms with E-state index in [0.29, 0.717) is 6.61 Å². The number of guanidine groups is 1. The molecule has 0 atom stereocenters. The average Bonchev–Trinajstić information content (AvgIpc) is 2.52. The fourth-order valence-electron chi connectivity index (χ4n) is 1.75. The molecule has 1 rings (SSSR count). The van der Waals surface area contributed by atoms with Crippen LogP contribution in [-0.4, -0.2) is 44.2 Å². The van der Waals surface area contributed by atoms with Crippen molar-refractivity contribution in [2.24, 2.45) is 4.99 Å². The number of nitrogens with one attached hydrogen (secondary N) is 2. The molecule has 0 unspecified atom stereocenters. The van der Waals surface area contributed by atoms with E-state index in [1.54, 1.807) is 0 Å². The van der Waals surface area contributed by atoms with E-state index in [1.165, 1.54) is 12.2 Å². The first-order valence-electron chi connectivity index (χ1n) is 7.55. The van der Waals surface area contributed by atoms with E-state index in [4.69, 9.17) is 4.74 Å². The number of unbranched alkanes of at least 4 members (excludes halogenated alkanes) is 1. The van der Waals surface area contributed by atoms with Crippen LogP contribution in [0.3, 0.4) is 0 Å². The van der Waals surface area contributed by atoms with Gasteiger partial charge in [0.25, 0.3) is 0 Å². The van der Waals surface area contributed by atoms with Crippen molar-refractivity contribution in [3.8, 4) is 5.75 Å². The largest absolute Gasteiger partial charge is 0.492 e. The van der Waals surface area contributed by atoms with Gasteiger partial charge < -0.3 is 15.4 Å². The Morgan fingerprint density at radius 3 is 2.71 bits per heavy atom. The first-order valence-corrected chi connectivity index (χ1v) is 8.95. The van der Waals surface area contributed by atoms with Crippen molar-refractivity contribution in [1.82, 2.24) is 10.6 Å². The Bertz CT molecular complexity index is 384. The molecule has 0 aromatic heterocycles. The van der Waals surface area contributed by atoms with Crippen LogP contribution in [0.2, 0.25) is 0 Å². The molecular formula is C16H27N3OS. The maximum Gasteiger partial charge on any atom is 0.191 e. The summed E-state index contributed by atoms with van der Waals surface area (Å²) in [6.45, 7) is 5.18. The SMILES string of the molecule is CCNC(=NCCCCSC)NCCOc1ccccc1. The van der Waals surface area contributed by atoms with Gasteiger partial charge >= 0.3 is 0 Å². The predicted molar refractivity (Wildman–Crippen MR) is 93.5 cm³/mol. The summed E-state index contributed by atoms with van der Waals surface area (Å²) in [5.41, 5.74) is 0. The maximum atomic E-state index is 5.64. The highest BCUT2D eigenvalue weighted by molar-refractivity contribution is 7.98. The molecule has 0 aliphatic heterocycles. The quantitative estimate of drug-likeness (QED) is 0.396. The number of benzene rings is 1. The van der Waals surface area contributed by atoms with E-state index < -0.39 is 0 Å². The van der Waals surface area contributed by atoms with Crippen LogP contribution >= 0.6 is 11.8 Å². The van der Waals surface area contributed by atoms with Crippen LogP contribution in [0.25, 0.3) is 0 Å². The summed E-state index contributed by atoms with van der Waals surface area (Å²) >= 11 is 1.89. The van der Waals surface area contributed by atoms with Crippen LogP contribution in [0.1, 0.15) is 19.8 Å². The number of hydrogen-bond donors (Lipinski definition) is 2. The molecule has 0 aliphatic carbocycles. The van der Waals surface area contributed by atoms with Crippen LogP contribution in [0.4, 0.5) is 0 Å². The van der Waals surface area contributed by atoms with Gasteiger partial charge in [0.15, 0.2) is 5.96 Å². The molecule has 0 amide bonds. The van der Waals surface area contributed by atoms with Crippen LogP contribution in [0, 0.1) is 0 Å². The molecule has 0 heterocycles. The van der Waals surface area contributed by atoms with Crippen molar-refractivity contribution < 1.29 is 4.74 Å². The lowest BCUT2D eigenvalue weighted by Gasteiger charge is -2.12. The zero-order chi connectivity index (χ0) is 15.2. The summed E-state index contributed by atoms with van der Waals surface area (Å²) in [4.78, 5) is 4.56. The van der Waals surface area contributed by atoms with Crippen molar-refractivity contribution in [2.45, 2.75) is 19.8 Å². The summed E-state index contributed by atoms with van der Waals surface area (Å²) in [6.07, 6.45) is 4.50. The Balaban J connectivity index is 2.19. The molecule has 0 saturated heterocycles. The standard InChI is InChI=1S/C16H27N3OS/c1-3-17-16(18-11-7-8-14-21-2)19-12-13-20-15-9-5-4-6-10-15/h4-6,9-10H,3,7-8,11-14H2,1-2H3,(H2,17,18,19). The second-order valence-electron chi connectivity index (χ2n) is 4.55. The van der Waals surface area contributed by atoms with Gasteiger partial charge in [-0.1, -0.05) is 18.2 Å². The zero-order valence-corrected chi connectivity index (χ0v) is 13.9. The molecule has 21 heavy (non-hydrogen) atoms.